The number of nitrogens with zero attached hydrogens (tertiary/aromatic N) is 4. The fraction of sp³-hybridized carbons (Fsp3) is 0.667. The lowest BCUT2D eigenvalue weighted by atomic mass is 10.3. The number of carbonyl (C=O) groups excluding carboxylic acids is 1. The van der Waals surface area contributed by atoms with Crippen LogP contribution in [0.4, 0.5) is 0 Å². The Morgan fingerprint density at radius 2 is 2.40 bits per heavy atom. The summed E-state index contributed by atoms with van der Waals surface area (Å²) in [5.74, 6) is 0.704. The molecule has 0 spiro atoms. The Morgan fingerprint density at radius 3 is 2.87 bits per heavy atom. The summed E-state index contributed by atoms with van der Waals surface area (Å²) in [7, 11) is 1.84. The number of aliphatic hydroxyl groups is 1. The summed E-state index contributed by atoms with van der Waals surface area (Å²) >= 11 is 0. The quantitative estimate of drug-likeness (QED) is 0.712. The van der Waals surface area contributed by atoms with Gasteiger partial charge in [0, 0.05) is 13.6 Å². The second kappa shape index (κ2) is 3.62. The van der Waals surface area contributed by atoms with Crippen molar-refractivity contribution in [2.45, 2.75) is 25.5 Å². The predicted molar refractivity (Wildman–Crippen MR) is 51.8 cm³/mol. The van der Waals surface area contributed by atoms with Crippen molar-refractivity contribution < 1.29 is 9.90 Å². The van der Waals surface area contributed by atoms with Gasteiger partial charge in [-0.15, -0.1) is 10.2 Å². The highest BCUT2D eigenvalue weighted by molar-refractivity contribution is 5.79. The Hall–Kier alpha value is -1.43. The number of likely N-dealkylation sites (tertiary alicyclic amines) is 1. The van der Waals surface area contributed by atoms with E-state index in [1.54, 1.807) is 15.8 Å². The van der Waals surface area contributed by atoms with Crippen LogP contribution in [0.2, 0.25) is 0 Å². The molecule has 2 unspecified atom stereocenters. The molecule has 82 valence electrons. The van der Waals surface area contributed by atoms with Crippen LogP contribution >= 0.6 is 0 Å². The number of hydrogen-bond acceptors (Lipinski definition) is 4. The molecule has 2 rings (SSSR count). The van der Waals surface area contributed by atoms with E-state index in [9.17, 15) is 9.90 Å². The molecule has 2 heterocycles. The normalized spacial score (nSPS) is 23.5. The van der Waals surface area contributed by atoms with Crippen LogP contribution in [0.3, 0.4) is 0 Å². The third-order valence-electron chi connectivity index (χ3n) is 2.73. The van der Waals surface area contributed by atoms with Crippen LogP contribution in [0.15, 0.2) is 6.33 Å². The minimum atomic E-state index is -0.548. The number of hydrogen-bond donors (Lipinski definition) is 1. The van der Waals surface area contributed by atoms with Crippen LogP contribution in [0, 0.1) is 0 Å². The monoisotopic (exact) mass is 210 g/mol. The highest BCUT2D eigenvalue weighted by atomic mass is 16.3. The number of aryl methyl sites for hydroxylation is 1. The van der Waals surface area contributed by atoms with Gasteiger partial charge in [-0.2, -0.15) is 0 Å². The molecule has 0 aromatic carbocycles. The van der Waals surface area contributed by atoms with E-state index in [2.05, 4.69) is 10.2 Å². The van der Waals surface area contributed by atoms with E-state index in [1.165, 1.54) is 0 Å². The SMILES string of the molecule is CC(c1nncn1C)N1CC(O)CC1=O. The molecular formula is C9H14N4O2. The molecule has 0 aliphatic carbocycles. The molecule has 6 nitrogen and oxygen atoms in total. The first kappa shape index (κ1) is 10.1. The topological polar surface area (TPSA) is 71.2 Å². The number of aliphatic hydroxyl groups excluding tert-OH is 1. The van der Waals surface area contributed by atoms with Crippen molar-refractivity contribution in [2.75, 3.05) is 6.54 Å². The Morgan fingerprint density at radius 1 is 1.67 bits per heavy atom. The van der Waals surface area contributed by atoms with Crippen molar-refractivity contribution in [3.63, 3.8) is 0 Å². The summed E-state index contributed by atoms with van der Waals surface area (Å²) in [6, 6.07) is -0.137. The molecule has 1 aliphatic heterocycles. The van der Waals surface area contributed by atoms with Crippen molar-refractivity contribution in [1.29, 1.82) is 0 Å². The second-order valence-electron chi connectivity index (χ2n) is 3.88. The van der Waals surface area contributed by atoms with Gasteiger partial charge in [-0.05, 0) is 6.92 Å². The van der Waals surface area contributed by atoms with E-state index >= 15 is 0 Å². The number of carbonyl (C=O) groups is 1. The zero-order chi connectivity index (χ0) is 11.0. The first-order chi connectivity index (χ1) is 7.09. The minimum absolute atomic E-state index is 0.0296. The van der Waals surface area contributed by atoms with Gasteiger partial charge in [0.1, 0.15) is 6.33 Å². The second-order valence-corrected chi connectivity index (χ2v) is 3.88. The molecule has 1 fully saturated rings. The molecule has 1 aromatic rings. The third kappa shape index (κ3) is 1.72. The van der Waals surface area contributed by atoms with Gasteiger partial charge in [0.05, 0.1) is 18.6 Å². The van der Waals surface area contributed by atoms with Gasteiger partial charge in [-0.1, -0.05) is 0 Å². The molecule has 0 saturated carbocycles. The van der Waals surface area contributed by atoms with Gasteiger partial charge in [0.25, 0.3) is 0 Å². The van der Waals surface area contributed by atoms with Crippen LogP contribution in [0.25, 0.3) is 0 Å². The Bertz CT molecular complexity index is 376. The van der Waals surface area contributed by atoms with Crippen molar-refractivity contribution in [3.8, 4) is 0 Å². The van der Waals surface area contributed by atoms with E-state index in [1.807, 2.05) is 14.0 Å². The summed E-state index contributed by atoms with van der Waals surface area (Å²) in [5.41, 5.74) is 0. The van der Waals surface area contributed by atoms with Crippen LogP contribution in [0.5, 0.6) is 0 Å². The zero-order valence-corrected chi connectivity index (χ0v) is 8.79. The average Bonchev–Trinajstić information content (AvgIpc) is 2.71. The average molecular weight is 210 g/mol. The number of aromatic nitrogens is 3. The maximum Gasteiger partial charge on any atom is 0.225 e. The highest BCUT2D eigenvalue weighted by Crippen LogP contribution is 2.23. The predicted octanol–water partition coefficient (Wildman–Crippen LogP) is -0.531. The first-order valence-corrected chi connectivity index (χ1v) is 4.91. The molecule has 15 heavy (non-hydrogen) atoms. The van der Waals surface area contributed by atoms with Crippen LogP contribution in [0.1, 0.15) is 25.2 Å². The van der Waals surface area contributed by atoms with E-state index in [-0.39, 0.29) is 18.4 Å². The van der Waals surface area contributed by atoms with E-state index in [0.29, 0.717) is 6.54 Å². The summed E-state index contributed by atoms with van der Waals surface area (Å²) in [4.78, 5) is 13.2. The first-order valence-electron chi connectivity index (χ1n) is 4.91. The van der Waals surface area contributed by atoms with Gasteiger partial charge < -0.3 is 14.6 Å². The summed E-state index contributed by atoms with van der Waals surface area (Å²) in [6.07, 6.45) is 1.26. The molecule has 1 aliphatic rings. The molecule has 1 saturated heterocycles. The lowest BCUT2D eigenvalue weighted by molar-refractivity contribution is -0.129. The largest absolute Gasteiger partial charge is 0.391 e. The zero-order valence-electron chi connectivity index (χ0n) is 8.79. The molecule has 1 N–H and O–H groups in total. The maximum absolute atomic E-state index is 11.5. The van der Waals surface area contributed by atoms with Crippen LogP contribution in [-0.4, -0.2) is 43.3 Å². The third-order valence-corrected chi connectivity index (χ3v) is 2.73. The van der Waals surface area contributed by atoms with Crippen molar-refractivity contribution in [3.05, 3.63) is 12.2 Å². The van der Waals surface area contributed by atoms with E-state index in [4.69, 9.17) is 0 Å². The molecule has 6 heteroatoms. The minimum Gasteiger partial charge on any atom is -0.391 e. The van der Waals surface area contributed by atoms with Gasteiger partial charge >= 0.3 is 0 Å². The van der Waals surface area contributed by atoms with Crippen LogP contribution < -0.4 is 0 Å². The number of rotatable bonds is 2. The fourth-order valence-electron chi connectivity index (χ4n) is 1.90. The van der Waals surface area contributed by atoms with Gasteiger partial charge in [-0.25, -0.2) is 0 Å². The van der Waals surface area contributed by atoms with Crippen molar-refractivity contribution in [1.82, 2.24) is 19.7 Å². The fourth-order valence-corrected chi connectivity index (χ4v) is 1.90. The Balaban J connectivity index is 2.18. The summed E-state index contributed by atoms with van der Waals surface area (Å²) < 4.78 is 1.78. The Labute approximate surface area is 87.5 Å². The smallest absolute Gasteiger partial charge is 0.225 e. The Kier molecular flexibility index (Phi) is 2.44. The number of amides is 1. The molecule has 2 atom stereocenters. The lowest BCUT2D eigenvalue weighted by Crippen LogP contribution is -2.30. The van der Waals surface area contributed by atoms with Gasteiger partial charge in [0.2, 0.25) is 5.91 Å². The standard InChI is InChI=1S/C9H14N4O2/c1-6(9-11-10-5-12(9)2)13-4-7(14)3-8(13)15/h5-7,14H,3-4H2,1-2H3. The van der Waals surface area contributed by atoms with Gasteiger partial charge in [-0.3, -0.25) is 4.79 Å². The molecule has 0 bridgehead atoms. The van der Waals surface area contributed by atoms with Crippen molar-refractivity contribution in [2.24, 2.45) is 7.05 Å². The molecule has 1 amide bonds. The molecule has 0 radical (unpaired) electrons. The summed E-state index contributed by atoms with van der Waals surface area (Å²) in [5, 5.41) is 17.1. The maximum atomic E-state index is 11.5. The molecular weight excluding hydrogens is 196 g/mol. The number of β-amino-alcohol motifs (C(OH)–C–C–N with tert-alkyl or cyclic N) is 1. The lowest BCUT2D eigenvalue weighted by Gasteiger charge is -2.23. The van der Waals surface area contributed by atoms with Crippen molar-refractivity contribution >= 4 is 5.91 Å². The van der Waals surface area contributed by atoms with E-state index in [0.717, 1.165) is 5.82 Å². The summed E-state index contributed by atoms with van der Waals surface area (Å²) in [6.45, 7) is 2.27. The molecule has 1 aromatic heterocycles. The highest BCUT2D eigenvalue weighted by Gasteiger charge is 2.33. The van der Waals surface area contributed by atoms with E-state index < -0.39 is 6.10 Å². The van der Waals surface area contributed by atoms with Crippen LogP contribution in [-0.2, 0) is 11.8 Å². The van der Waals surface area contributed by atoms with Gasteiger partial charge in [0.15, 0.2) is 5.82 Å².